The van der Waals surface area contributed by atoms with Crippen molar-refractivity contribution in [3.63, 3.8) is 0 Å². The van der Waals surface area contributed by atoms with Crippen LogP contribution in [-0.2, 0) is 4.79 Å². The summed E-state index contributed by atoms with van der Waals surface area (Å²) in [6.07, 6.45) is 6.94. The Bertz CT molecular complexity index is 704. The van der Waals surface area contributed by atoms with Gasteiger partial charge in [-0.1, -0.05) is 0 Å². The topological polar surface area (TPSA) is 84.6 Å². The van der Waals surface area contributed by atoms with Gasteiger partial charge in [0.1, 0.15) is 0 Å². The normalized spacial score (nSPS) is 33.3. The molecule has 4 fully saturated rings. The van der Waals surface area contributed by atoms with Crippen LogP contribution >= 0.6 is 0 Å². The van der Waals surface area contributed by atoms with Gasteiger partial charge in [-0.25, -0.2) is 5.43 Å². The van der Waals surface area contributed by atoms with Crippen molar-refractivity contribution in [1.29, 1.82) is 0 Å². The molecule has 0 spiro atoms. The molecule has 4 aliphatic carbocycles. The van der Waals surface area contributed by atoms with Crippen LogP contribution in [0.4, 0.5) is 5.69 Å². The van der Waals surface area contributed by atoms with Crippen LogP contribution in [0.1, 0.15) is 51.0 Å². The molecule has 1 aromatic carbocycles. The predicted octanol–water partition coefficient (Wildman–Crippen LogP) is 3.65. The standard InChI is InChI=1S/C19H23N3O3/c1-12(16-2-4-17(5-3-16)22(24)25)20-21-18(23)19-9-13-6-14(10-19)8-15(7-13)11-19/h2-5,13-15H,6-11H2,1H3,(H,21,23)/b20-12-. The van der Waals surface area contributed by atoms with Gasteiger partial charge < -0.3 is 0 Å². The number of nitro groups is 1. The molecule has 0 atom stereocenters. The van der Waals surface area contributed by atoms with Crippen LogP contribution in [-0.4, -0.2) is 16.5 Å². The van der Waals surface area contributed by atoms with Crippen molar-refractivity contribution < 1.29 is 9.72 Å². The Hall–Kier alpha value is -2.24. The molecule has 25 heavy (non-hydrogen) atoms. The minimum absolute atomic E-state index is 0.0501. The van der Waals surface area contributed by atoms with Crippen LogP contribution in [0, 0.1) is 33.3 Å². The van der Waals surface area contributed by atoms with Gasteiger partial charge in [0, 0.05) is 12.1 Å². The van der Waals surface area contributed by atoms with Gasteiger partial charge in [-0.15, -0.1) is 0 Å². The Morgan fingerprint density at radius 2 is 1.64 bits per heavy atom. The Balaban J connectivity index is 1.46. The summed E-state index contributed by atoms with van der Waals surface area (Å²) in [4.78, 5) is 23.2. The molecule has 6 heteroatoms. The number of carbonyl (C=O) groups excluding carboxylic acids is 1. The second-order valence-corrected chi connectivity index (χ2v) is 8.14. The van der Waals surface area contributed by atoms with Crippen molar-refractivity contribution >= 4 is 17.3 Å². The highest BCUT2D eigenvalue weighted by Gasteiger charge is 2.54. The summed E-state index contributed by atoms with van der Waals surface area (Å²) in [5.74, 6) is 2.22. The van der Waals surface area contributed by atoms with Gasteiger partial charge >= 0.3 is 0 Å². The minimum atomic E-state index is -0.426. The number of amides is 1. The molecule has 4 aliphatic rings. The smallest absolute Gasteiger partial charge is 0.269 e. The number of benzene rings is 1. The number of hydrogen-bond acceptors (Lipinski definition) is 4. The first-order valence-electron chi connectivity index (χ1n) is 9.05. The maximum absolute atomic E-state index is 12.9. The maximum Gasteiger partial charge on any atom is 0.269 e. The number of rotatable bonds is 4. The van der Waals surface area contributed by atoms with Crippen molar-refractivity contribution in [2.24, 2.45) is 28.3 Å². The number of nitro benzene ring substituents is 1. The van der Waals surface area contributed by atoms with E-state index in [0.717, 1.165) is 42.6 Å². The first kappa shape index (κ1) is 16.2. The van der Waals surface area contributed by atoms with Gasteiger partial charge in [-0.05, 0) is 80.9 Å². The molecule has 0 saturated heterocycles. The van der Waals surface area contributed by atoms with Crippen molar-refractivity contribution in [3.05, 3.63) is 39.9 Å². The molecule has 0 heterocycles. The number of hydrogen-bond donors (Lipinski definition) is 1. The van der Waals surface area contributed by atoms with Gasteiger partial charge in [0.2, 0.25) is 5.91 Å². The van der Waals surface area contributed by atoms with E-state index in [4.69, 9.17) is 0 Å². The SMILES string of the molecule is C/C(=N/NC(=O)C12CC3CC(CC(C3)C1)C2)c1ccc([N+](=O)[O-])cc1. The third kappa shape index (κ3) is 2.94. The van der Waals surface area contributed by atoms with Crippen molar-refractivity contribution in [3.8, 4) is 0 Å². The van der Waals surface area contributed by atoms with E-state index in [1.165, 1.54) is 31.4 Å². The number of nitrogens with zero attached hydrogens (tertiary/aromatic N) is 2. The lowest BCUT2D eigenvalue weighted by molar-refractivity contribution is -0.384. The molecule has 6 nitrogen and oxygen atoms in total. The van der Waals surface area contributed by atoms with Gasteiger partial charge in [0.15, 0.2) is 0 Å². The second kappa shape index (κ2) is 5.93. The summed E-state index contributed by atoms with van der Waals surface area (Å²) in [7, 11) is 0. The Labute approximate surface area is 146 Å². The molecule has 1 amide bonds. The van der Waals surface area contributed by atoms with Crippen molar-refractivity contribution in [1.82, 2.24) is 5.43 Å². The van der Waals surface area contributed by atoms with Crippen LogP contribution < -0.4 is 5.43 Å². The van der Waals surface area contributed by atoms with E-state index < -0.39 is 4.92 Å². The first-order valence-corrected chi connectivity index (χ1v) is 9.05. The Kier molecular flexibility index (Phi) is 3.85. The molecule has 132 valence electrons. The minimum Gasteiger partial charge on any atom is -0.273 e. The number of nitrogens with one attached hydrogen (secondary N) is 1. The molecular weight excluding hydrogens is 318 g/mol. The zero-order chi connectivity index (χ0) is 17.6. The summed E-state index contributed by atoms with van der Waals surface area (Å²) >= 11 is 0. The number of non-ortho nitro benzene ring substituents is 1. The summed E-state index contributed by atoms with van der Waals surface area (Å²) in [5.41, 5.74) is 4.06. The molecule has 5 rings (SSSR count). The lowest BCUT2D eigenvalue weighted by Gasteiger charge is -2.55. The van der Waals surface area contributed by atoms with E-state index in [9.17, 15) is 14.9 Å². The van der Waals surface area contributed by atoms with Crippen LogP contribution in [0.2, 0.25) is 0 Å². The van der Waals surface area contributed by atoms with Crippen LogP contribution in [0.3, 0.4) is 0 Å². The van der Waals surface area contributed by atoms with E-state index in [1.54, 1.807) is 19.1 Å². The first-order chi connectivity index (χ1) is 11.9. The van der Waals surface area contributed by atoms with Gasteiger partial charge in [0.05, 0.1) is 16.0 Å². The third-order valence-corrected chi connectivity index (χ3v) is 6.34. The molecule has 0 aliphatic heterocycles. The lowest BCUT2D eigenvalue weighted by Crippen LogP contribution is -2.52. The van der Waals surface area contributed by atoms with E-state index in [1.807, 2.05) is 0 Å². The average Bonchev–Trinajstić information content (AvgIpc) is 2.58. The quantitative estimate of drug-likeness (QED) is 0.515. The average molecular weight is 341 g/mol. The number of hydrazone groups is 1. The van der Waals surface area contributed by atoms with Gasteiger partial charge in [0.25, 0.3) is 5.69 Å². The molecular formula is C19H23N3O3. The summed E-state index contributed by atoms with van der Waals surface area (Å²) in [6, 6.07) is 6.23. The highest BCUT2D eigenvalue weighted by molar-refractivity contribution is 5.99. The summed E-state index contributed by atoms with van der Waals surface area (Å²) in [6.45, 7) is 1.81. The highest BCUT2D eigenvalue weighted by Crippen LogP contribution is 2.60. The van der Waals surface area contributed by atoms with E-state index in [2.05, 4.69) is 10.5 Å². The van der Waals surface area contributed by atoms with Crippen molar-refractivity contribution in [2.75, 3.05) is 0 Å². The lowest BCUT2D eigenvalue weighted by atomic mass is 9.49. The third-order valence-electron chi connectivity index (χ3n) is 6.34. The Morgan fingerprint density at radius 3 is 2.12 bits per heavy atom. The molecule has 1 N–H and O–H groups in total. The largest absolute Gasteiger partial charge is 0.273 e. The molecule has 0 aromatic heterocycles. The van der Waals surface area contributed by atoms with Gasteiger partial charge in [-0.3, -0.25) is 14.9 Å². The zero-order valence-corrected chi connectivity index (χ0v) is 14.4. The van der Waals surface area contributed by atoms with E-state index in [-0.39, 0.29) is 17.0 Å². The molecule has 1 aromatic rings. The number of carbonyl (C=O) groups is 1. The monoisotopic (exact) mass is 341 g/mol. The van der Waals surface area contributed by atoms with E-state index in [0.29, 0.717) is 5.71 Å². The predicted molar refractivity (Wildman–Crippen MR) is 94.1 cm³/mol. The molecule has 4 saturated carbocycles. The van der Waals surface area contributed by atoms with E-state index >= 15 is 0 Å². The second-order valence-electron chi connectivity index (χ2n) is 8.14. The van der Waals surface area contributed by atoms with Crippen LogP contribution in [0.5, 0.6) is 0 Å². The molecule has 0 radical (unpaired) electrons. The van der Waals surface area contributed by atoms with Crippen LogP contribution in [0.25, 0.3) is 0 Å². The molecule has 0 unspecified atom stereocenters. The fourth-order valence-corrected chi connectivity index (χ4v) is 5.53. The highest BCUT2D eigenvalue weighted by atomic mass is 16.6. The van der Waals surface area contributed by atoms with Crippen LogP contribution in [0.15, 0.2) is 29.4 Å². The summed E-state index contributed by atoms with van der Waals surface area (Å²) in [5, 5.41) is 15.0. The Morgan fingerprint density at radius 1 is 1.12 bits per heavy atom. The fourth-order valence-electron chi connectivity index (χ4n) is 5.53. The van der Waals surface area contributed by atoms with Gasteiger partial charge in [-0.2, -0.15) is 5.10 Å². The maximum atomic E-state index is 12.9. The zero-order valence-electron chi connectivity index (χ0n) is 14.4. The fraction of sp³-hybridized carbons (Fsp3) is 0.579. The molecule has 4 bridgehead atoms. The van der Waals surface area contributed by atoms with Crippen molar-refractivity contribution in [2.45, 2.75) is 45.4 Å². The summed E-state index contributed by atoms with van der Waals surface area (Å²) < 4.78 is 0.